The lowest BCUT2D eigenvalue weighted by molar-refractivity contribution is -0.115. The van der Waals surface area contributed by atoms with Gasteiger partial charge in [-0.3, -0.25) is 9.69 Å². The van der Waals surface area contributed by atoms with Crippen LogP contribution in [-0.2, 0) is 16.0 Å². The largest absolute Gasteiger partial charge is 0.465 e. The molecule has 1 aliphatic heterocycles. The number of rotatable bonds is 5. The van der Waals surface area contributed by atoms with E-state index in [-0.39, 0.29) is 18.4 Å². The van der Waals surface area contributed by atoms with Crippen LogP contribution in [0.1, 0.15) is 21.6 Å². The van der Waals surface area contributed by atoms with E-state index in [0.29, 0.717) is 35.2 Å². The number of hydrogen-bond acceptors (Lipinski definition) is 6. The highest BCUT2D eigenvalue weighted by molar-refractivity contribution is 7.14. The molecule has 3 amide bonds. The molecule has 2 N–H and O–H groups in total. The number of urea groups is 1. The smallest absolute Gasteiger partial charge is 0.337 e. The first-order chi connectivity index (χ1) is 12.5. The molecule has 0 radical (unpaired) electrons. The van der Waals surface area contributed by atoms with Gasteiger partial charge in [0.05, 0.1) is 24.8 Å². The summed E-state index contributed by atoms with van der Waals surface area (Å²) in [5.41, 5.74) is 2.41. The summed E-state index contributed by atoms with van der Waals surface area (Å²) in [5.74, 6) is -0.645. The summed E-state index contributed by atoms with van der Waals surface area (Å²) in [6.07, 6.45) is 0.101. The highest BCUT2D eigenvalue weighted by Crippen LogP contribution is 2.23. The topological polar surface area (TPSA) is 101 Å². The minimum Gasteiger partial charge on any atom is -0.465 e. The van der Waals surface area contributed by atoms with Gasteiger partial charge < -0.3 is 15.4 Å². The Morgan fingerprint density at radius 3 is 2.88 bits per heavy atom. The predicted molar refractivity (Wildman–Crippen MR) is 97.7 cm³/mol. The normalized spacial score (nSPS) is 13.5. The fraction of sp³-hybridized carbons (Fsp3) is 0.294. The van der Waals surface area contributed by atoms with Gasteiger partial charge >= 0.3 is 12.0 Å². The summed E-state index contributed by atoms with van der Waals surface area (Å²) in [6, 6.07) is 4.76. The summed E-state index contributed by atoms with van der Waals surface area (Å²) >= 11 is 1.33. The van der Waals surface area contributed by atoms with Gasteiger partial charge in [0.15, 0.2) is 5.13 Å². The summed E-state index contributed by atoms with van der Waals surface area (Å²) in [6.45, 7) is 2.97. The molecule has 1 saturated heterocycles. The highest BCUT2D eigenvalue weighted by atomic mass is 32.1. The van der Waals surface area contributed by atoms with Crippen LogP contribution in [0, 0.1) is 6.92 Å². The molecule has 2 heterocycles. The van der Waals surface area contributed by atoms with E-state index < -0.39 is 5.97 Å². The van der Waals surface area contributed by atoms with Crippen LogP contribution >= 0.6 is 11.3 Å². The van der Waals surface area contributed by atoms with Gasteiger partial charge in [-0.1, -0.05) is 0 Å². The molecular formula is C17H18N4O4S. The lowest BCUT2D eigenvalue weighted by Crippen LogP contribution is -2.27. The Labute approximate surface area is 154 Å². The van der Waals surface area contributed by atoms with Crippen LogP contribution in [0.4, 0.5) is 15.6 Å². The molecule has 1 aromatic carbocycles. The van der Waals surface area contributed by atoms with E-state index >= 15 is 0 Å². The molecule has 26 heavy (non-hydrogen) atoms. The van der Waals surface area contributed by atoms with Crippen molar-refractivity contribution in [1.29, 1.82) is 0 Å². The molecule has 0 unspecified atom stereocenters. The second kappa shape index (κ2) is 7.52. The van der Waals surface area contributed by atoms with Gasteiger partial charge in [0, 0.05) is 24.2 Å². The number of benzene rings is 1. The van der Waals surface area contributed by atoms with Gasteiger partial charge in [-0.25, -0.2) is 14.6 Å². The third kappa shape index (κ3) is 3.83. The van der Waals surface area contributed by atoms with Crippen LogP contribution in [-0.4, -0.2) is 43.1 Å². The molecule has 0 spiro atoms. The number of amides is 3. The zero-order chi connectivity index (χ0) is 18.7. The van der Waals surface area contributed by atoms with Crippen molar-refractivity contribution in [2.75, 3.05) is 30.4 Å². The number of nitrogens with one attached hydrogen (secondary N) is 2. The fourth-order valence-corrected chi connectivity index (χ4v) is 3.41. The highest BCUT2D eigenvalue weighted by Gasteiger charge is 2.24. The van der Waals surface area contributed by atoms with E-state index in [9.17, 15) is 14.4 Å². The van der Waals surface area contributed by atoms with Gasteiger partial charge in [0.1, 0.15) is 0 Å². The van der Waals surface area contributed by atoms with E-state index in [2.05, 4.69) is 20.4 Å². The van der Waals surface area contributed by atoms with Crippen LogP contribution < -0.4 is 15.5 Å². The van der Waals surface area contributed by atoms with Crippen molar-refractivity contribution in [1.82, 2.24) is 10.3 Å². The number of thiazole rings is 1. The van der Waals surface area contributed by atoms with Gasteiger partial charge in [-0.05, 0) is 30.7 Å². The number of hydrogen-bond donors (Lipinski definition) is 2. The number of esters is 1. The molecule has 1 aliphatic rings. The Hall–Kier alpha value is -2.94. The SMILES string of the molecule is COC(=O)c1ccc(NC(=O)Cc2csc(N3CCNC3=O)n2)c(C)c1. The van der Waals surface area contributed by atoms with Crippen LogP contribution in [0.15, 0.2) is 23.6 Å². The summed E-state index contributed by atoms with van der Waals surface area (Å²) in [4.78, 5) is 41.4. The Balaban J connectivity index is 1.63. The molecule has 136 valence electrons. The standard InChI is InChI=1S/C17H18N4O4S/c1-10-7-11(15(23)25-2)3-4-13(10)20-14(22)8-12-9-26-17(19-12)21-6-5-18-16(21)24/h3-4,7,9H,5-6,8H2,1-2H3,(H,18,24)(H,20,22). The van der Waals surface area contributed by atoms with E-state index in [1.807, 2.05) is 0 Å². The summed E-state index contributed by atoms with van der Waals surface area (Å²) in [5, 5.41) is 7.88. The van der Waals surface area contributed by atoms with Crippen molar-refractivity contribution >= 4 is 40.1 Å². The molecule has 8 nitrogen and oxygen atoms in total. The van der Waals surface area contributed by atoms with Crippen molar-refractivity contribution in [3.8, 4) is 0 Å². The van der Waals surface area contributed by atoms with Gasteiger partial charge in [0.25, 0.3) is 0 Å². The second-order valence-corrected chi connectivity index (χ2v) is 6.59. The average molecular weight is 374 g/mol. The first kappa shape index (κ1) is 17.9. The number of carbonyl (C=O) groups excluding carboxylic acids is 3. The van der Waals surface area contributed by atoms with E-state index in [1.54, 1.807) is 35.4 Å². The van der Waals surface area contributed by atoms with E-state index in [0.717, 1.165) is 5.56 Å². The predicted octanol–water partition coefficient (Wildman–Crippen LogP) is 1.95. The number of anilines is 2. The molecule has 1 aromatic heterocycles. The second-order valence-electron chi connectivity index (χ2n) is 5.75. The number of aromatic nitrogens is 1. The van der Waals surface area contributed by atoms with Crippen molar-refractivity contribution in [3.05, 3.63) is 40.4 Å². The maximum atomic E-state index is 12.3. The molecule has 1 fully saturated rings. The molecule has 3 rings (SSSR count). The Morgan fingerprint density at radius 2 is 2.23 bits per heavy atom. The number of carbonyl (C=O) groups is 3. The fourth-order valence-electron chi connectivity index (χ4n) is 2.56. The molecule has 2 aromatic rings. The Bertz CT molecular complexity index is 864. The average Bonchev–Trinajstić information content (AvgIpc) is 3.24. The van der Waals surface area contributed by atoms with Crippen LogP contribution in [0.25, 0.3) is 0 Å². The van der Waals surface area contributed by atoms with Gasteiger partial charge in [-0.15, -0.1) is 11.3 Å². The molecule has 0 bridgehead atoms. The molecular weight excluding hydrogens is 356 g/mol. The third-order valence-corrected chi connectivity index (χ3v) is 4.80. The molecule has 0 atom stereocenters. The quantitative estimate of drug-likeness (QED) is 0.779. The molecule has 0 saturated carbocycles. The Morgan fingerprint density at radius 1 is 1.42 bits per heavy atom. The van der Waals surface area contributed by atoms with Crippen LogP contribution in [0.5, 0.6) is 0 Å². The number of methoxy groups -OCH3 is 1. The minimum atomic E-state index is -0.424. The van der Waals surface area contributed by atoms with Gasteiger partial charge in [-0.2, -0.15) is 0 Å². The lowest BCUT2D eigenvalue weighted by atomic mass is 10.1. The minimum absolute atomic E-state index is 0.101. The maximum Gasteiger partial charge on any atom is 0.337 e. The van der Waals surface area contributed by atoms with Crippen molar-refractivity contribution in [3.63, 3.8) is 0 Å². The van der Waals surface area contributed by atoms with Crippen molar-refractivity contribution in [2.45, 2.75) is 13.3 Å². The number of aryl methyl sites for hydroxylation is 1. The first-order valence-corrected chi connectivity index (χ1v) is 8.84. The number of ether oxygens (including phenoxy) is 1. The van der Waals surface area contributed by atoms with E-state index in [1.165, 1.54) is 18.4 Å². The first-order valence-electron chi connectivity index (χ1n) is 7.96. The summed E-state index contributed by atoms with van der Waals surface area (Å²) in [7, 11) is 1.32. The Kier molecular flexibility index (Phi) is 5.17. The van der Waals surface area contributed by atoms with Crippen molar-refractivity contribution < 1.29 is 19.1 Å². The van der Waals surface area contributed by atoms with Crippen LogP contribution in [0.2, 0.25) is 0 Å². The third-order valence-electron chi connectivity index (χ3n) is 3.89. The lowest BCUT2D eigenvalue weighted by Gasteiger charge is -2.10. The summed E-state index contributed by atoms with van der Waals surface area (Å²) < 4.78 is 4.68. The molecule has 0 aliphatic carbocycles. The van der Waals surface area contributed by atoms with Crippen LogP contribution in [0.3, 0.4) is 0 Å². The molecule has 9 heteroatoms. The van der Waals surface area contributed by atoms with Crippen molar-refractivity contribution in [2.24, 2.45) is 0 Å². The maximum absolute atomic E-state index is 12.3. The zero-order valence-corrected chi connectivity index (χ0v) is 15.2. The van der Waals surface area contributed by atoms with Gasteiger partial charge in [0.2, 0.25) is 5.91 Å². The zero-order valence-electron chi connectivity index (χ0n) is 14.4. The number of nitrogens with zero attached hydrogens (tertiary/aromatic N) is 2. The monoisotopic (exact) mass is 374 g/mol. The van der Waals surface area contributed by atoms with E-state index in [4.69, 9.17) is 0 Å².